The van der Waals surface area contributed by atoms with Crippen LogP contribution in [-0.2, 0) is 10.0 Å². The highest BCUT2D eigenvalue weighted by Gasteiger charge is 2.25. The Hall–Kier alpha value is -2.90. The quantitative estimate of drug-likeness (QED) is 0.546. The van der Waals surface area contributed by atoms with Gasteiger partial charge in [-0.2, -0.15) is 0 Å². The third-order valence-electron chi connectivity index (χ3n) is 5.90. The highest BCUT2D eigenvalue weighted by molar-refractivity contribution is 7.90. The molecule has 1 saturated heterocycles. The first kappa shape index (κ1) is 19.1. The molecule has 0 aliphatic carbocycles. The number of nitrogens with one attached hydrogen (secondary N) is 1. The van der Waals surface area contributed by atoms with Gasteiger partial charge >= 0.3 is 0 Å². The first-order chi connectivity index (χ1) is 14.6. The second kappa shape index (κ2) is 7.41. The van der Waals surface area contributed by atoms with Gasteiger partial charge in [0.2, 0.25) is 0 Å². The summed E-state index contributed by atoms with van der Waals surface area (Å²) >= 11 is 0. The zero-order chi connectivity index (χ0) is 20.7. The molecule has 1 aromatic heterocycles. The summed E-state index contributed by atoms with van der Waals surface area (Å²) in [5, 5.41) is 5.13. The van der Waals surface area contributed by atoms with Crippen LogP contribution in [0.15, 0.2) is 71.9 Å². The predicted octanol–water partition coefficient (Wildman–Crippen LogP) is 3.61. The summed E-state index contributed by atoms with van der Waals surface area (Å²) in [6.07, 6.45) is 2.49. The fraction of sp³-hybridized carbons (Fsp3) is 0.261. The Balaban J connectivity index is 1.64. The monoisotopic (exact) mass is 420 g/mol. The Bertz CT molecular complexity index is 1320. The zero-order valence-electron chi connectivity index (χ0n) is 16.8. The number of aromatic nitrogens is 2. The van der Waals surface area contributed by atoms with Crippen molar-refractivity contribution in [1.29, 1.82) is 0 Å². The number of rotatable bonds is 4. The molecule has 1 aliphatic rings. The lowest BCUT2D eigenvalue weighted by Crippen LogP contribution is -2.50. The minimum atomic E-state index is -3.79. The molecule has 2 heterocycles. The van der Waals surface area contributed by atoms with E-state index in [1.54, 1.807) is 12.1 Å². The molecule has 4 aromatic rings. The molecule has 0 bridgehead atoms. The second-order valence-electron chi connectivity index (χ2n) is 7.67. The average Bonchev–Trinajstić information content (AvgIpc) is 3.24. The van der Waals surface area contributed by atoms with E-state index in [9.17, 15) is 8.42 Å². The predicted molar refractivity (Wildman–Crippen MR) is 121 cm³/mol. The maximum Gasteiger partial charge on any atom is 0.270 e. The van der Waals surface area contributed by atoms with Crippen molar-refractivity contribution in [2.24, 2.45) is 0 Å². The number of hydrogen-bond donors (Lipinski definition) is 1. The zero-order valence-corrected chi connectivity index (χ0v) is 17.6. The van der Waals surface area contributed by atoms with E-state index in [2.05, 4.69) is 22.1 Å². The summed E-state index contributed by atoms with van der Waals surface area (Å²) in [6.45, 7) is 4.84. The molecule has 30 heavy (non-hydrogen) atoms. The minimum absolute atomic E-state index is 0.290. The molecular weight excluding hydrogens is 396 g/mol. The smallest absolute Gasteiger partial charge is 0.270 e. The number of benzene rings is 3. The largest absolute Gasteiger partial charge is 0.367 e. The first-order valence-corrected chi connectivity index (χ1v) is 11.7. The fourth-order valence-corrected chi connectivity index (χ4v) is 5.80. The summed E-state index contributed by atoms with van der Waals surface area (Å²) in [4.78, 5) is 7.13. The Morgan fingerprint density at radius 3 is 2.73 bits per heavy atom. The van der Waals surface area contributed by atoms with E-state index in [0.717, 1.165) is 42.6 Å². The van der Waals surface area contributed by atoms with Gasteiger partial charge in [0.15, 0.2) is 0 Å². The van der Waals surface area contributed by atoms with Crippen LogP contribution in [0, 0.1) is 0 Å². The number of piperazine rings is 1. The summed E-state index contributed by atoms with van der Waals surface area (Å²) in [5.41, 5.74) is 2.31. The van der Waals surface area contributed by atoms with Crippen LogP contribution >= 0.6 is 0 Å². The standard InChI is InChI=1S/C23H24N4O2S/c1-2-18-15-26(14-13-24-18)20-10-6-11-21-23(20)25-16-27(21)30(28,29)22-12-5-8-17-7-3-4-9-19(17)22/h3-12,16,18,24H,2,13-15H2,1H3. The lowest BCUT2D eigenvalue weighted by molar-refractivity contribution is 0.447. The van der Waals surface area contributed by atoms with Crippen molar-refractivity contribution < 1.29 is 8.42 Å². The molecule has 0 amide bonds. The second-order valence-corrected chi connectivity index (χ2v) is 9.46. The van der Waals surface area contributed by atoms with E-state index in [4.69, 9.17) is 0 Å². The SMILES string of the molecule is CCC1CN(c2cccc3c2ncn3S(=O)(=O)c2cccc3ccccc23)CCN1. The van der Waals surface area contributed by atoms with Crippen LogP contribution in [0.25, 0.3) is 21.8 Å². The van der Waals surface area contributed by atoms with Crippen LogP contribution in [-0.4, -0.2) is 43.1 Å². The molecule has 6 nitrogen and oxygen atoms in total. The highest BCUT2D eigenvalue weighted by Crippen LogP contribution is 2.31. The number of hydrogen-bond acceptors (Lipinski definition) is 5. The summed E-state index contributed by atoms with van der Waals surface area (Å²) in [7, 11) is -3.79. The molecule has 0 spiro atoms. The van der Waals surface area contributed by atoms with Crippen molar-refractivity contribution in [2.45, 2.75) is 24.3 Å². The number of fused-ring (bicyclic) bond motifs is 2. The summed E-state index contributed by atoms with van der Waals surface area (Å²) in [5.74, 6) is 0. The molecule has 3 aromatic carbocycles. The summed E-state index contributed by atoms with van der Waals surface area (Å²) in [6, 6.07) is 19.1. The number of para-hydroxylation sites is 1. The van der Waals surface area contributed by atoms with Gasteiger partial charge in [-0.25, -0.2) is 17.4 Å². The van der Waals surface area contributed by atoms with Crippen LogP contribution in [0.1, 0.15) is 13.3 Å². The van der Waals surface area contributed by atoms with Gasteiger partial charge in [0.1, 0.15) is 11.8 Å². The Morgan fingerprint density at radius 2 is 1.87 bits per heavy atom. The third kappa shape index (κ3) is 3.05. The average molecular weight is 421 g/mol. The van der Waals surface area contributed by atoms with Gasteiger partial charge in [0.25, 0.3) is 10.0 Å². The number of anilines is 1. The number of nitrogens with zero attached hydrogens (tertiary/aromatic N) is 3. The molecule has 1 atom stereocenters. The lowest BCUT2D eigenvalue weighted by Gasteiger charge is -2.35. The molecule has 0 radical (unpaired) electrons. The van der Waals surface area contributed by atoms with Gasteiger partial charge in [-0.05, 0) is 30.0 Å². The molecule has 1 unspecified atom stereocenters. The number of imidazole rings is 1. The topological polar surface area (TPSA) is 67.2 Å². The third-order valence-corrected chi connectivity index (χ3v) is 7.62. The molecule has 0 saturated carbocycles. The van der Waals surface area contributed by atoms with Crippen LogP contribution in [0.2, 0.25) is 0 Å². The first-order valence-electron chi connectivity index (χ1n) is 10.3. The van der Waals surface area contributed by atoms with Gasteiger partial charge in [-0.1, -0.05) is 49.4 Å². The normalized spacial score (nSPS) is 17.6. The van der Waals surface area contributed by atoms with Crippen LogP contribution in [0.4, 0.5) is 5.69 Å². The Labute approximate surface area is 176 Å². The Kier molecular flexibility index (Phi) is 4.72. The summed E-state index contributed by atoms with van der Waals surface area (Å²) < 4.78 is 28.5. The van der Waals surface area contributed by atoms with E-state index in [-0.39, 0.29) is 0 Å². The molecule has 1 N–H and O–H groups in total. The van der Waals surface area contributed by atoms with Gasteiger partial charge in [-0.15, -0.1) is 0 Å². The maximum absolute atomic E-state index is 13.6. The van der Waals surface area contributed by atoms with Crippen molar-refractivity contribution in [3.05, 3.63) is 67.0 Å². The van der Waals surface area contributed by atoms with Gasteiger partial charge < -0.3 is 10.2 Å². The van der Waals surface area contributed by atoms with Crippen LogP contribution in [0.3, 0.4) is 0 Å². The van der Waals surface area contributed by atoms with E-state index < -0.39 is 10.0 Å². The van der Waals surface area contributed by atoms with Crippen molar-refractivity contribution in [1.82, 2.24) is 14.3 Å². The van der Waals surface area contributed by atoms with E-state index in [1.165, 1.54) is 10.3 Å². The minimum Gasteiger partial charge on any atom is -0.367 e. The van der Waals surface area contributed by atoms with E-state index in [0.29, 0.717) is 21.8 Å². The molecule has 1 aliphatic heterocycles. The van der Waals surface area contributed by atoms with Gasteiger partial charge in [-0.3, -0.25) is 0 Å². The van der Waals surface area contributed by atoms with Gasteiger partial charge in [0, 0.05) is 31.1 Å². The van der Waals surface area contributed by atoms with Crippen molar-refractivity contribution >= 4 is 37.5 Å². The molecule has 7 heteroatoms. The van der Waals surface area contributed by atoms with E-state index in [1.807, 2.05) is 48.5 Å². The fourth-order valence-electron chi connectivity index (χ4n) is 4.29. The molecule has 1 fully saturated rings. The Morgan fingerprint density at radius 1 is 1.07 bits per heavy atom. The van der Waals surface area contributed by atoms with Crippen LogP contribution in [0.5, 0.6) is 0 Å². The molecular formula is C23H24N4O2S. The van der Waals surface area contributed by atoms with Gasteiger partial charge in [0.05, 0.1) is 16.1 Å². The van der Waals surface area contributed by atoms with E-state index >= 15 is 0 Å². The van der Waals surface area contributed by atoms with Crippen molar-refractivity contribution in [3.8, 4) is 0 Å². The lowest BCUT2D eigenvalue weighted by atomic mass is 10.1. The molecule has 154 valence electrons. The van der Waals surface area contributed by atoms with Crippen LogP contribution < -0.4 is 10.2 Å². The maximum atomic E-state index is 13.6. The van der Waals surface area contributed by atoms with Crippen molar-refractivity contribution in [2.75, 3.05) is 24.5 Å². The van der Waals surface area contributed by atoms with Crippen molar-refractivity contribution in [3.63, 3.8) is 0 Å². The molecule has 5 rings (SSSR count). The highest BCUT2D eigenvalue weighted by atomic mass is 32.2.